The smallest absolute Gasteiger partial charge is 0.475 e. The fraction of sp³-hybridized carbons (Fsp3) is 0.833. The van der Waals surface area contributed by atoms with Crippen molar-refractivity contribution in [3.8, 4) is 0 Å². The maximum absolute atomic E-state index is 12.0. The van der Waals surface area contributed by atoms with E-state index in [0.717, 1.165) is 32.5 Å². The zero-order valence-electron chi connectivity index (χ0n) is 11.5. The standard InChI is InChI=1S/C10H18N2O.C2HF3O2/c1-8-7-11-5-6-12(8)9(13)10(2)3-4-10;3-2(4,5)1(6)7/h8,11H,3-7H2,1-2H3;(H,6,7)/t8-;/m1./s1. The number of nitrogens with one attached hydrogen (secondary N) is 1. The van der Waals surface area contributed by atoms with E-state index in [2.05, 4.69) is 19.2 Å². The maximum Gasteiger partial charge on any atom is 0.490 e. The molecule has 2 N–H and O–H groups in total. The Kier molecular flexibility index (Phi) is 5.01. The quantitative estimate of drug-likeness (QED) is 0.764. The third kappa shape index (κ3) is 4.36. The largest absolute Gasteiger partial charge is 0.490 e. The van der Waals surface area contributed by atoms with E-state index in [0.29, 0.717) is 11.9 Å². The molecule has 0 aromatic carbocycles. The van der Waals surface area contributed by atoms with Gasteiger partial charge in [0.2, 0.25) is 5.91 Å². The summed E-state index contributed by atoms with van der Waals surface area (Å²) in [5.74, 6) is -2.38. The van der Waals surface area contributed by atoms with Gasteiger partial charge in [0.25, 0.3) is 0 Å². The van der Waals surface area contributed by atoms with Gasteiger partial charge in [0.1, 0.15) is 0 Å². The van der Waals surface area contributed by atoms with Gasteiger partial charge >= 0.3 is 12.1 Å². The number of hydrogen-bond donors (Lipinski definition) is 2. The van der Waals surface area contributed by atoms with Gasteiger partial charge in [0, 0.05) is 31.1 Å². The minimum Gasteiger partial charge on any atom is -0.475 e. The van der Waals surface area contributed by atoms with Crippen LogP contribution in [0.3, 0.4) is 0 Å². The fourth-order valence-electron chi connectivity index (χ4n) is 1.89. The van der Waals surface area contributed by atoms with Gasteiger partial charge in [-0.05, 0) is 19.8 Å². The highest BCUT2D eigenvalue weighted by molar-refractivity contribution is 5.85. The van der Waals surface area contributed by atoms with Crippen molar-refractivity contribution in [3.05, 3.63) is 0 Å². The predicted molar refractivity (Wildman–Crippen MR) is 65.1 cm³/mol. The van der Waals surface area contributed by atoms with Crippen LogP contribution in [-0.4, -0.2) is 53.7 Å². The molecule has 0 bridgehead atoms. The zero-order chi connectivity index (χ0) is 15.6. The molecule has 1 saturated heterocycles. The summed E-state index contributed by atoms with van der Waals surface area (Å²) in [6.45, 7) is 6.99. The molecule has 1 heterocycles. The lowest BCUT2D eigenvalue weighted by molar-refractivity contribution is -0.192. The fourth-order valence-corrected chi connectivity index (χ4v) is 1.89. The monoisotopic (exact) mass is 296 g/mol. The first-order valence-corrected chi connectivity index (χ1v) is 6.40. The number of nitrogens with zero attached hydrogens (tertiary/aromatic N) is 1. The van der Waals surface area contributed by atoms with Crippen molar-refractivity contribution in [1.82, 2.24) is 10.2 Å². The highest BCUT2D eigenvalue weighted by atomic mass is 19.4. The van der Waals surface area contributed by atoms with Crippen LogP contribution in [0.1, 0.15) is 26.7 Å². The Morgan fingerprint density at radius 3 is 2.20 bits per heavy atom. The van der Waals surface area contributed by atoms with Crippen molar-refractivity contribution in [2.45, 2.75) is 38.9 Å². The number of alkyl halides is 3. The van der Waals surface area contributed by atoms with E-state index < -0.39 is 12.1 Å². The van der Waals surface area contributed by atoms with Crippen molar-refractivity contribution in [3.63, 3.8) is 0 Å². The van der Waals surface area contributed by atoms with Gasteiger partial charge in [-0.2, -0.15) is 13.2 Å². The third-order valence-corrected chi connectivity index (χ3v) is 3.52. The molecule has 1 aliphatic heterocycles. The number of carboxylic acids is 1. The average Bonchev–Trinajstić information content (AvgIpc) is 3.08. The summed E-state index contributed by atoms with van der Waals surface area (Å²) in [6, 6.07) is 0.374. The number of hydrogen-bond acceptors (Lipinski definition) is 3. The molecule has 0 aromatic rings. The van der Waals surface area contributed by atoms with Crippen LogP contribution in [0.4, 0.5) is 13.2 Å². The SMILES string of the molecule is C[C@@H]1CNCCN1C(=O)C1(C)CC1.O=C(O)C(F)(F)F. The summed E-state index contributed by atoms with van der Waals surface area (Å²) in [4.78, 5) is 22.9. The molecule has 5 nitrogen and oxygen atoms in total. The Hall–Kier alpha value is -1.31. The topological polar surface area (TPSA) is 69.6 Å². The van der Waals surface area contributed by atoms with Crippen LogP contribution in [0.15, 0.2) is 0 Å². The van der Waals surface area contributed by atoms with Gasteiger partial charge in [-0.1, -0.05) is 6.92 Å². The second-order valence-electron chi connectivity index (χ2n) is 5.42. The van der Waals surface area contributed by atoms with Gasteiger partial charge in [-0.3, -0.25) is 4.79 Å². The van der Waals surface area contributed by atoms with E-state index in [1.165, 1.54) is 0 Å². The molecule has 0 spiro atoms. The lowest BCUT2D eigenvalue weighted by Gasteiger charge is -2.35. The summed E-state index contributed by atoms with van der Waals surface area (Å²) in [7, 11) is 0. The van der Waals surface area contributed by atoms with Crippen molar-refractivity contribution < 1.29 is 27.9 Å². The number of rotatable bonds is 1. The lowest BCUT2D eigenvalue weighted by Crippen LogP contribution is -2.53. The van der Waals surface area contributed by atoms with E-state index in [4.69, 9.17) is 9.90 Å². The van der Waals surface area contributed by atoms with Gasteiger partial charge < -0.3 is 15.3 Å². The molecule has 1 atom stereocenters. The second kappa shape index (κ2) is 5.99. The first kappa shape index (κ1) is 16.7. The number of aliphatic carboxylic acids is 1. The second-order valence-corrected chi connectivity index (χ2v) is 5.42. The number of amides is 1. The molecule has 0 aromatic heterocycles. The number of carbonyl (C=O) groups excluding carboxylic acids is 1. The highest BCUT2D eigenvalue weighted by Crippen LogP contribution is 2.46. The van der Waals surface area contributed by atoms with Crippen molar-refractivity contribution in [2.75, 3.05) is 19.6 Å². The molecule has 1 aliphatic carbocycles. The molecular formula is C12H19F3N2O3. The van der Waals surface area contributed by atoms with Crippen LogP contribution in [0.2, 0.25) is 0 Å². The summed E-state index contributed by atoms with van der Waals surface area (Å²) in [5.41, 5.74) is 0.00556. The number of carboxylic acid groups (broad SMARTS) is 1. The molecule has 2 aliphatic rings. The molecule has 2 fully saturated rings. The minimum atomic E-state index is -5.08. The Morgan fingerprint density at radius 2 is 1.85 bits per heavy atom. The molecule has 0 radical (unpaired) electrons. The van der Waals surface area contributed by atoms with Crippen LogP contribution < -0.4 is 5.32 Å². The molecular weight excluding hydrogens is 277 g/mol. The first-order chi connectivity index (χ1) is 9.08. The van der Waals surface area contributed by atoms with Crippen molar-refractivity contribution in [1.29, 1.82) is 0 Å². The van der Waals surface area contributed by atoms with Crippen molar-refractivity contribution >= 4 is 11.9 Å². The summed E-state index contributed by atoms with van der Waals surface area (Å²) in [5, 5.41) is 10.4. The third-order valence-electron chi connectivity index (χ3n) is 3.52. The highest BCUT2D eigenvalue weighted by Gasteiger charge is 2.48. The molecule has 2 rings (SSSR count). The molecule has 8 heteroatoms. The Bertz CT molecular complexity index is 381. The summed E-state index contributed by atoms with van der Waals surface area (Å²) in [6.07, 6.45) is -2.91. The van der Waals surface area contributed by atoms with Crippen LogP contribution in [0, 0.1) is 5.41 Å². The van der Waals surface area contributed by atoms with E-state index >= 15 is 0 Å². The predicted octanol–water partition coefficient (Wildman–Crippen LogP) is 1.24. The lowest BCUT2D eigenvalue weighted by atomic mass is 10.1. The van der Waals surface area contributed by atoms with E-state index in [1.54, 1.807) is 0 Å². The molecule has 20 heavy (non-hydrogen) atoms. The van der Waals surface area contributed by atoms with E-state index in [1.807, 2.05) is 4.90 Å². The van der Waals surface area contributed by atoms with Gasteiger partial charge in [-0.25, -0.2) is 4.79 Å². The van der Waals surface area contributed by atoms with Gasteiger partial charge in [0.15, 0.2) is 0 Å². The molecule has 0 unspecified atom stereocenters. The zero-order valence-corrected chi connectivity index (χ0v) is 11.5. The van der Waals surface area contributed by atoms with Crippen molar-refractivity contribution in [2.24, 2.45) is 5.41 Å². The average molecular weight is 296 g/mol. The van der Waals surface area contributed by atoms with Crippen LogP contribution in [-0.2, 0) is 9.59 Å². The summed E-state index contributed by atoms with van der Waals surface area (Å²) < 4.78 is 31.7. The number of piperazine rings is 1. The van der Waals surface area contributed by atoms with Crippen LogP contribution >= 0.6 is 0 Å². The number of halogens is 3. The first-order valence-electron chi connectivity index (χ1n) is 6.40. The summed E-state index contributed by atoms with van der Waals surface area (Å²) >= 11 is 0. The van der Waals surface area contributed by atoms with Gasteiger partial charge in [-0.15, -0.1) is 0 Å². The number of carbonyl (C=O) groups is 2. The van der Waals surface area contributed by atoms with Crippen LogP contribution in [0.25, 0.3) is 0 Å². The normalized spacial score (nSPS) is 24.4. The Balaban J connectivity index is 0.000000246. The molecule has 1 saturated carbocycles. The van der Waals surface area contributed by atoms with Crippen LogP contribution in [0.5, 0.6) is 0 Å². The maximum atomic E-state index is 12.0. The van der Waals surface area contributed by atoms with E-state index in [-0.39, 0.29) is 5.41 Å². The molecule has 1 amide bonds. The minimum absolute atomic E-state index is 0.00556. The van der Waals surface area contributed by atoms with Gasteiger partial charge in [0.05, 0.1) is 0 Å². The Labute approximate surface area is 115 Å². The van der Waals surface area contributed by atoms with E-state index in [9.17, 15) is 18.0 Å². The Morgan fingerprint density at radius 1 is 1.35 bits per heavy atom. The molecule has 116 valence electrons.